The number of aromatic nitrogens is 1. The van der Waals surface area contributed by atoms with Gasteiger partial charge in [0.15, 0.2) is 0 Å². The average molecular weight is 402 g/mol. The summed E-state index contributed by atoms with van der Waals surface area (Å²) >= 11 is 0. The Morgan fingerprint density at radius 3 is 2.80 bits per heavy atom. The van der Waals surface area contributed by atoms with Gasteiger partial charge in [0, 0.05) is 25.0 Å². The molecule has 0 amide bonds. The molecule has 1 aliphatic rings. The summed E-state index contributed by atoms with van der Waals surface area (Å²) in [5.74, 6) is -0.0274. The summed E-state index contributed by atoms with van der Waals surface area (Å²) in [6.45, 7) is 3.00. The quantitative estimate of drug-likeness (QED) is 0.636. The first-order chi connectivity index (χ1) is 14.5. The Hall–Kier alpha value is -3.18. The lowest BCUT2D eigenvalue weighted by molar-refractivity contribution is 0.0695. The molecule has 0 fully saturated rings. The Balaban J connectivity index is 1.57. The number of rotatable bonds is 6. The highest BCUT2D eigenvalue weighted by atomic mass is 16.5. The molecule has 0 radical (unpaired) electrons. The van der Waals surface area contributed by atoms with Crippen LogP contribution in [0.1, 0.15) is 45.1 Å². The molecular weight excluding hydrogens is 376 g/mol. The molecule has 2 heterocycles. The van der Waals surface area contributed by atoms with Crippen LogP contribution < -0.4 is 4.74 Å². The molecule has 3 aromatic rings. The SMILES string of the molecule is COc1ccc(-c2ccc3c(c2)CN(C)[C@H]3CCc2cnccc2C(=O)O)c(C)c1. The topological polar surface area (TPSA) is 62.7 Å². The number of benzene rings is 2. The van der Waals surface area contributed by atoms with E-state index in [0.717, 1.165) is 24.3 Å². The number of pyridine rings is 1. The monoisotopic (exact) mass is 402 g/mol. The number of hydrogen-bond donors (Lipinski definition) is 1. The fraction of sp³-hybridized carbons (Fsp3) is 0.280. The summed E-state index contributed by atoms with van der Waals surface area (Å²) in [4.78, 5) is 17.9. The van der Waals surface area contributed by atoms with Crippen LogP contribution in [0.3, 0.4) is 0 Å². The number of carboxylic acids is 1. The summed E-state index contributed by atoms with van der Waals surface area (Å²) < 4.78 is 5.33. The second-order valence-corrected chi connectivity index (χ2v) is 7.90. The summed E-state index contributed by atoms with van der Waals surface area (Å²) in [6.07, 6.45) is 4.75. The van der Waals surface area contributed by atoms with Crippen LogP contribution in [0.5, 0.6) is 5.75 Å². The molecule has 154 valence electrons. The minimum Gasteiger partial charge on any atom is -0.497 e. The lowest BCUT2D eigenvalue weighted by Crippen LogP contribution is -2.17. The zero-order valence-corrected chi connectivity index (χ0v) is 17.6. The van der Waals surface area contributed by atoms with Gasteiger partial charge in [-0.1, -0.05) is 18.2 Å². The first-order valence-electron chi connectivity index (χ1n) is 10.1. The first-order valence-corrected chi connectivity index (χ1v) is 10.1. The number of ether oxygens (including phenoxy) is 1. The van der Waals surface area contributed by atoms with Gasteiger partial charge in [0.05, 0.1) is 12.7 Å². The van der Waals surface area contributed by atoms with Crippen molar-refractivity contribution in [2.45, 2.75) is 32.4 Å². The molecular formula is C25H26N2O3. The number of carboxylic acid groups (broad SMARTS) is 1. The van der Waals surface area contributed by atoms with Crippen molar-refractivity contribution in [3.05, 3.63) is 82.7 Å². The normalized spacial score (nSPS) is 15.8. The highest BCUT2D eigenvalue weighted by Gasteiger charge is 2.28. The van der Waals surface area contributed by atoms with Gasteiger partial charge in [0.1, 0.15) is 5.75 Å². The second-order valence-electron chi connectivity index (χ2n) is 7.90. The maximum Gasteiger partial charge on any atom is 0.336 e. The zero-order valence-electron chi connectivity index (χ0n) is 17.6. The predicted molar refractivity (Wildman–Crippen MR) is 117 cm³/mol. The lowest BCUT2D eigenvalue weighted by Gasteiger charge is -2.20. The molecule has 0 saturated carbocycles. The lowest BCUT2D eigenvalue weighted by atomic mass is 9.93. The van der Waals surface area contributed by atoms with Gasteiger partial charge in [0.25, 0.3) is 0 Å². The fourth-order valence-corrected chi connectivity index (χ4v) is 4.44. The number of nitrogens with zero attached hydrogens (tertiary/aromatic N) is 2. The Bertz CT molecular complexity index is 1090. The van der Waals surface area contributed by atoms with E-state index in [-0.39, 0.29) is 6.04 Å². The van der Waals surface area contributed by atoms with E-state index in [2.05, 4.69) is 54.2 Å². The maximum atomic E-state index is 11.5. The van der Waals surface area contributed by atoms with Crippen LogP contribution >= 0.6 is 0 Å². The van der Waals surface area contributed by atoms with Gasteiger partial charge < -0.3 is 9.84 Å². The summed E-state index contributed by atoms with van der Waals surface area (Å²) in [6, 6.07) is 14.7. The van der Waals surface area contributed by atoms with Crippen LogP contribution in [0, 0.1) is 6.92 Å². The number of methoxy groups -OCH3 is 1. The molecule has 0 bridgehead atoms. The highest BCUT2D eigenvalue weighted by molar-refractivity contribution is 5.89. The molecule has 1 atom stereocenters. The van der Waals surface area contributed by atoms with Crippen LogP contribution in [-0.4, -0.2) is 35.1 Å². The van der Waals surface area contributed by atoms with Crippen molar-refractivity contribution in [3.63, 3.8) is 0 Å². The van der Waals surface area contributed by atoms with Gasteiger partial charge in [-0.05, 0) is 84.5 Å². The van der Waals surface area contributed by atoms with E-state index in [1.807, 2.05) is 6.07 Å². The summed E-state index contributed by atoms with van der Waals surface area (Å²) in [5, 5.41) is 9.42. The van der Waals surface area contributed by atoms with Gasteiger partial charge in [-0.2, -0.15) is 0 Å². The minimum atomic E-state index is -0.896. The smallest absolute Gasteiger partial charge is 0.336 e. The molecule has 1 aliphatic heterocycles. The molecule has 5 nitrogen and oxygen atoms in total. The molecule has 1 N–H and O–H groups in total. The molecule has 0 aliphatic carbocycles. The van der Waals surface area contributed by atoms with Gasteiger partial charge in [-0.25, -0.2) is 4.79 Å². The summed E-state index contributed by atoms with van der Waals surface area (Å²) in [5.41, 5.74) is 7.41. The number of fused-ring (bicyclic) bond motifs is 1. The molecule has 2 aromatic carbocycles. The van der Waals surface area contributed by atoms with Crippen LogP contribution in [0.2, 0.25) is 0 Å². The standard InChI is InChI=1S/C25H26N2O3/c1-16-12-20(30-3)6-8-21(16)17-4-7-22-19(13-17)15-27(2)24(22)9-5-18-14-26-11-10-23(18)25(28)29/h4,6-8,10-14,24H,5,9,15H2,1-3H3,(H,28,29)/t24-/m0/s1. The van der Waals surface area contributed by atoms with E-state index >= 15 is 0 Å². The molecule has 1 aromatic heterocycles. The molecule has 4 rings (SSSR count). The highest BCUT2D eigenvalue weighted by Crippen LogP contribution is 2.38. The van der Waals surface area contributed by atoms with Gasteiger partial charge in [-0.15, -0.1) is 0 Å². The van der Waals surface area contributed by atoms with Crippen LogP contribution in [0.4, 0.5) is 0 Å². The molecule has 30 heavy (non-hydrogen) atoms. The van der Waals surface area contributed by atoms with Gasteiger partial charge in [-0.3, -0.25) is 9.88 Å². The summed E-state index contributed by atoms with van der Waals surface area (Å²) in [7, 11) is 3.81. The number of carbonyl (C=O) groups is 1. The maximum absolute atomic E-state index is 11.5. The van der Waals surface area contributed by atoms with Crippen LogP contribution in [0.15, 0.2) is 54.9 Å². The third-order valence-electron chi connectivity index (χ3n) is 6.02. The van der Waals surface area contributed by atoms with E-state index in [9.17, 15) is 9.90 Å². The van der Waals surface area contributed by atoms with Crippen molar-refractivity contribution >= 4 is 5.97 Å². The van der Waals surface area contributed by atoms with E-state index in [1.165, 1.54) is 34.0 Å². The van der Waals surface area contributed by atoms with E-state index in [0.29, 0.717) is 12.0 Å². The largest absolute Gasteiger partial charge is 0.497 e. The van der Waals surface area contributed by atoms with Gasteiger partial charge in [0.2, 0.25) is 0 Å². The third-order valence-corrected chi connectivity index (χ3v) is 6.02. The molecule has 0 saturated heterocycles. The fourth-order valence-electron chi connectivity index (χ4n) is 4.44. The van der Waals surface area contributed by atoms with Gasteiger partial charge >= 0.3 is 5.97 Å². The molecule has 0 unspecified atom stereocenters. The number of aromatic carboxylic acids is 1. The number of hydrogen-bond acceptors (Lipinski definition) is 4. The van der Waals surface area contributed by atoms with E-state index < -0.39 is 5.97 Å². The van der Waals surface area contributed by atoms with Crippen LogP contribution in [0.25, 0.3) is 11.1 Å². The Morgan fingerprint density at radius 1 is 1.23 bits per heavy atom. The van der Waals surface area contributed by atoms with E-state index in [4.69, 9.17) is 4.74 Å². The molecule has 5 heteroatoms. The van der Waals surface area contributed by atoms with Crippen molar-refractivity contribution in [1.82, 2.24) is 9.88 Å². The van der Waals surface area contributed by atoms with Crippen LogP contribution in [-0.2, 0) is 13.0 Å². The Kier molecular flexibility index (Phi) is 5.55. The molecule has 0 spiro atoms. The van der Waals surface area contributed by atoms with E-state index in [1.54, 1.807) is 19.4 Å². The van der Waals surface area contributed by atoms with Crippen molar-refractivity contribution < 1.29 is 14.6 Å². The third kappa shape index (κ3) is 3.81. The van der Waals surface area contributed by atoms with Crippen molar-refractivity contribution in [2.75, 3.05) is 14.2 Å². The van der Waals surface area contributed by atoms with Crippen molar-refractivity contribution in [3.8, 4) is 16.9 Å². The second kappa shape index (κ2) is 8.28. The Morgan fingerprint density at radius 2 is 2.07 bits per heavy atom. The predicted octanol–water partition coefficient (Wildman–Crippen LogP) is 4.88. The van der Waals surface area contributed by atoms with Crippen molar-refractivity contribution in [2.24, 2.45) is 0 Å². The average Bonchev–Trinajstić information content (AvgIpc) is 3.06. The number of aryl methyl sites for hydroxylation is 2. The zero-order chi connectivity index (χ0) is 21.3. The van der Waals surface area contributed by atoms with Crippen molar-refractivity contribution in [1.29, 1.82) is 0 Å². The minimum absolute atomic E-state index is 0.271. The first kappa shape index (κ1) is 20.1. The Labute approximate surface area is 177 Å².